The van der Waals surface area contributed by atoms with Crippen LogP contribution in [0.2, 0.25) is 5.02 Å². The number of halogens is 1. The molecule has 24 heavy (non-hydrogen) atoms. The predicted molar refractivity (Wildman–Crippen MR) is 90.8 cm³/mol. The van der Waals surface area contributed by atoms with Crippen molar-refractivity contribution in [2.45, 2.75) is 19.4 Å². The lowest BCUT2D eigenvalue weighted by Crippen LogP contribution is -2.42. The molecule has 8 heteroatoms. The molecule has 7 nitrogen and oxygen atoms in total. The number of rotatable bonds is 3. The fourth-order valence-corrected chi connectivity index (χ4v) is 2.64. The molecule has 0 saturated carbocycles. The lowest BCUT2D eigenvalue weighted by Gasteiger charge is -2.22. The Morgan fingerprint density at radius 1 is 1.33 bits per heavy atom. The van der Waals surface area contributed by atoms with Gasteiger partial charge >= 0.3 is 6.03 Å². The molecule has 0 aliphatic carbocycles. The molecule has 0 spiro atoms. The largest absolute Gasteiger partial charge is 0.337 e. The van der Waals surface area contributed by atoms with Crippen molar-refractivity contribution in [3.63, 3.8) is 0 Å². The van der Waals surface area contributed by atoms with Crippen molar-refractivity contribution in [1.29, 1.82) is 0 Å². The maximum Gasteiger partial charge on any atom is 0.318 e. The second kappa shape index (κ2) is 7.63. The van der Waals surface area contributed by atoms with E-state index < -0.39 is 0 Å². The summed E-state index contributed by atoms with van der Waals surface area (Å²) in [6.07, 6.45) is 0.947. The van der Waals surface area contributed by atoms with Gasteiger partial charge in [0.1, 0.15) is 6.04 Å². The van der Waals surface area contributed by atoms with Crippen LogP contribution in [0.5, 0.6) is 0 Å². The molecule has 1 aromatic carbocycles. The molecule has 1 saturated heterocycles. The minimum atomic E-state index is -0.359. The lowest BCUT2D eigenvalue weighted by molar-refractivity contribution is 0.195. The van der Waals surface area contributed by atoms with Crippen LogP contribution in [-0.4, -0.2) is 47.3 Å². The molecule has 128 valence electrons. The third-order valence-electron chi connectivity index (χ3n) is 3.88. The van der Waals surface area contributed by atoms with Gasteiger partial charge in [-0.05, 0) is 44.2 Å². The fraction of sp³-hybridized carbons (Fsp3) is 0.438. The van der Waals surface area contributed by atoms with E-state index in [0.717, 1.165) is 31.6 Å². The first-order valence-corrected chi connectivity index (χ1v) is 8.37. The van der Waals surface area contributed by atoms with Gasteiger partial charge in [-0.3, -0.25) is 0 Å². The topological polar surface area (TPSA) is 83.3 Å². The molecule has 0 radical (unpaired) electrons. The third-order valence-corrected chi connectivity index (χ3v) is 4.13. The van der Waals surface area contributed by atoms with Gasteiger partial charge in [-0.1, -0.05) is 16.8 Å². The number of carbonyl (C=O) groups is 1. The maximum atomic E-state index is 12.3. The summed E-state index contributed by atoms with van der Waals surface area (Å²) in [4.78, 5) is 18.5. The van der Waals surface area contributed by atoms with Crippen molar-refractivity contribution in [2.75, 3.05) is 26.2 Å². The highest BCUT2D eigenvalue weighted by molar-refractivity contribution is 6.30. The van der Waals surface area contributed by atoms with Crippen LogP contribution in [-0.2, 0) is 0 Å². The highest BCUT2D eigenvalue weighted by Gasteiger charge is 2.21. The second-order valence-corrected chi connectivity index (χ2v) is 6.16. The molecule has 1 unspecified atom stereocenters. The summed E-state index contributed by atoms with van der Waals surface area (Å²) < 4.78 is 5.28. The molecule has 1 fully saturated rings. The average molecular weight is 350 g/mol. The molecule has 3 rings (SSSR count). The second-order valence-electron chi connectivity index (χ2n) is 5.72. The number of urea groups is 1. The van der Waals surface area contributed by atoms with Gasteiger partial charge in [-0.2, -0.15) is 4.98 Å². The van der Waals surface area contributed by atoms with E-state index in [1.165, 1.54) is 0 Å². The summed E-state index contributed by atoms with van der Waals surface area (Å²) >= 11 is 5.88. The van der Waals surface area contributed by atoms with E-state index in [-0.39, 0.29) is 12.1 Å². The molecule has 2 aromatic rings. The quantitative estimate of drug-likeness (QED) is 0.889. The van der Waals surface area contributed by atoms with Gasteiger partial charge < -0.3 is 20.1 Å². The summed E-state index contributed by atoms with van der Waals surface area (Å²) in [5, 5.41) is 10.8. The Kier molecular flexibility index (Phi) is 5.32. The van der Waals surface area contributed by atoms with Gasteiger partial charge in [0.15, 0.2) is 0 Å². The Morgan fingerprint density at radius 2 is 2.12 bits per heavy atom. The molecule has 1 atom stereocenters. The van der Waals surface area contributed by atoms with Crippen molar-refractivity contribution < 1.29 is 9.32 Å². The van der Waals surface area contributed by atoms with Crippen LogP contribution in [0.25, 0.3) is 11.4 Å². The SMILES string of the molecule is CC(NC(=O)N1CCCNCC1)c1nc(-c2ccc(Cl)cc2)no1. The number of carbonyl (C=O) groups excluding carboxylic acids is 1. The monoisotopic (exact) mass is 349 g/mol. The average Bonchev–Trinajstić information content (AvgIpc) is 2.91. The Hall–Kier alpha value is -2.12. The molecule has 2 amide bonds. The summed E-state index contributed by atoms with van der Waals surface area (Å²) in [6, 6.07) is 6.71. The predicted octanol–water partition coefficient (Wildman–Crippen LogP) is 2.46. The van der Waals surface area contributed by atoms with Crippen molar-refractivity contribution in [3.05, 3.63) is 35.2 Å². The zero-order chi connectivity index (χ0) is 16.9. The Morgan fingerprint density at radius 3 is 2.92 bits per heavy atom. The first kappa shape index (κ1) is 16.7. The van der Waals surface area contributed by atoms with E-state index in [9.17, 15) is 4.79 Å². The molecule has 2 N–H and O–H groups in total. The van der Waals surface area contributed by atoms with Crippen molar-refractivity contribution in [2.24, 2.45) is 0 Å². The number of hydrogen-bond donors (Lipinski definition) is 2. The fourth-order valence-electron chi connectivity index (χ4n) is 2.51. The van der Waals surface area contributed by atoms with Crippen molar-refractivity contribution in [1.82, 2.24) is 25.7 Å². The lowest BCUT2D eigenvalue weighted by atomic mass is 10.2. The van der Waals surface area contributed by atoms with E-state index in [2.05, 4.69) is 20.8 Å². The maximum absolute atomic E-state index is 12.3. The first-order valence-electron chi connectivity index (χ1n) is 7.99. The van der Waals surface area contributed by atoms with E-state index in [1.54, 1.807) is 17.0 Å². The standard InChI is InChI=1S/C16H20ClN5O2/c1-11(19-16(23)22-9-2-7-18-8-10-22)15-20-14(21-24-15)12-3-5-13(17)6-4-12/h3-6,11,18H,2,7-10H2,1H3,(H,19,23). The zero-order valence-corrected chi connectivity index (χ0v) is 14.2. The van der Waals surface area contributed by atoms with E-state index >= 15 is 0 Å². The van der Waals surface area contributed by atoms with E-state index in [4.69, 9.17) is 16.1 Å². The summed E-state index contributed by atoms with van der Waals surface area (Å²) in [7, 11) is 0. The number of aromatic nitrogens is 2. The minimum absolute atomic E-state index is 0.113. The van der Waals surface area contributed by atoms with Gasteiger partial charge in [0, 0.05) is 30.2 Å². The first-order chi connectivity index (χ1) is 11.6. The molecular weight excluding hydrogens is 330 g/mol. The third kappa shape index (κ3) is 4.04. The summed E-state index contributed by atoms with van der Waals surface area (Å²) in [6.45, 7) is 5.01. The Bertz CT molecular complexity index is 680. The Labute approximate surface area is 145 Å². The van der Waals surface area contributed by atoms with Crippen LogP contribution in [0.15, 0.2) is 28.8 Å². The van der Waals surface area contributed by atoms with Gasteiger partial charge in [0.25, 0.3) is 0 Å². The van der Waals surface area contributed by atoms with Crippen LogP contribution < -0.4 is 10.6 Å². The zero-order valence-electron chi connectivity index (χ0n) is 13.5. The number of amides is 2. The van der Waals surface area contributed by atoms with E-state index in [1.807, 2.05) is 19.1 Å². The molecule has 1 aromatic heterocycles. The number of nitrogens with zero attached hydrogens (tertiary/aromatic N) is 3. The molecule has 1 aliphatic heterocycles. The highest BCUT2D eigenvalue weighted by atomic mass is 35.5. The number of nitrogens with one attached hydrogen (secondary N) is 2. The summed E-state index contributed by atoms with van der Waals surface area (Å²) in [5.41, 5.74) is 0.812. The van der Waals surface area contributed by atoms with Gasteiger partial charge in [-0.15, -0.1) is 0 Å². The van der Waals surface area contributed by atoms with E-state index in [0.29, 0.717) is 23.3 Å². The highest BCUT2D eigenvalue weighted by Crippen LogP contribution is 2.20. The number of benzene rings is 1. The normalized spacial score (nSPS) is 16.5. The van der Waals surface area contributed by atoms with Crippen molar-refractivity contribution >= 4 is 17.6 Å². The van der Waals surface area contributed by atoms with Crippen LogP contribution in [0.3, 0.4) is 0 Å². The minimum Gasteiger partial charge on any atom is -0.337 e. The van der Waals surface area contributed by atoms with Crippen LogP contribution in [0.4, 0.5) is 4.79 Å². The summed E-state index contributed by atoms with van der Waals surface area (Å²) in [5.74, 6) is 0.850. The van der Waals surface area contributed by atoms with Crippen LogP contribution in [0.1, 0.15) is 25.3 Å². The van der Waals surface area contributed by atoms with Gasteiger partial charge in [0.05, 0.1) is 0 Å². The molecular formula is C16H20ClN5O2. The Balaban J connectivity index is 1.63. The molecule has 0 bridgehead atoms. The van der Waals surface area contributed by atoms with Gasteiger partial charge in [0.2, 0.25) is 11.7 Å². The van der Waals surface area contributed by atoms with Crippen molar-refractivity contribution in [3.8, 4) is 11.4 Å². The smallest absolute Gasteiger partial charge is 0.318 e. The van der Waals surface area contributed by atoms with Crippen LogP contribution >= 0.6 is 11.6 Å². The molecule has 2 heterocycles. The number of hydrogen-bond acceptors (Lipinski definition) is 5. The van der Waals surface area contributed by atoms with Crippen LogP contribution in [0, 0.1) is 0 Å². The van der Waals surface area contributed by atoms with Gasteiger partial charge in [-0.25, -0.2) is 4.79 Å². The molecule has 1 aliphatic rings.